The monoisotopic (exact) mass is 255 g/mol. The van der Waals surface area contributed by atoms with E-state index in [9.17, 15) is 0 Å². The van der Waals surface area contributed by atoms with Crippen LogP contribution < -0.4 is 10.6 Å². The topological polar surface area (TPSA) is 45.7 Å². The van der Waals surface area contributed by atoms with E-state index in [0.29, 0.717) is 6.04 Å². The van der Waals surface area contributed by atoms with Crippen molar-refractivity contribution in [2.75, 3.05) is 26.3 Å². The van der Waals surface area contributed by atoms with Gasteiger partial charge in [-0.3, -0.25) is 4.99 Å². The molecule has 0 spiro atoms. The van der Waals surface area contributed by atoms with Gasteiger partial charge < -0.3 is 15.4 Å². The minimum atomic E-state index is 0.648. The van der Waals surface area contributed by atoms with Gasteiger partial charge in [0, 0.05) is 32.3 Å². The van der Waals surface area contributed by atoms with Crippen LogP contribution in [0.5, 0.6) is 0 Å². The van der Waals surface area contributed by atoms with Gasteiger partial charge in [0.25, 0.3) is 0 Å². The SMILES string of the molecule is CCCC1CC1NC(=NCCCOCC)NCC. The standard InChI is InChI=1S/C14H29N3O/c1-4-8-12-11-13(12)17-14(15-5-2)16-9-7-10-18-6-3/h12-13H,4-11H2,1-3H3,(H2,15,16,17). The minimum Gasteiger partial charge on any atom is -0.382 e. The van der Waals surface area contributed by atoms with Crippen molar-refractivity contribution in [1.82, 2.24) is 10.6 Å². The molecule has 4 nitrogen and oxygen atoms in total. The molecule has 4 heteroatoms. The summed E-state index contributed by atoms with van der Waals surface area (Å²) in [7, 11) is 0. The number of hydrogen-bond donors (Lipinski definition) is 2. The molecular weight excluding hydrogens is 226 g/mol. The highest BCUT2D eigenvalue weighted by Gasteiger charge is 2.36. The summed E-state index contributed by atoms with van der Waals surface area (Å²) >= 11 is 0. The van der Waals surface area contributed by atoms with Crippen LogP contribution in [0.25, 0.3) is 0 Å². The zero-order chi connectivity index (χ0) is 13.2. The lowest BCUT2D eigenvalue weighted by atomic mass is 10.2. The average Bonchev–Trinajstić information content (AvgIpc) is 3.08. The fourth-order valence-electron chi connectivity index (χ4n) is 2.11. The van der Waals surface area contributed by atoms with Crippen LogP contribution in [0.2, 0.25) is 0 Å². The molecule has 2 atom stereocenters. The fraction of sp³-hybridized carbons (Fsp3) is 0.929. The Morgan fingerprint density at radius 3 is 2.83 bits per heavy atom. The molecule has 0 aromatic rings. The van der Waals surface area contributed by atoms with Gasteiger partial charge in [-0.25, -0.2) is 0 Å². The molecule has 0 saturated heterocycles. The predicted molar refractivity (Wildman–Crippen MR) is 77.0 cm³/mol. The normalized spacial score (nSPS) is 22.9. The van der Waals surface area contributed by atoms with Crippen LogP contribution in [-0.4, -0.2) is 38.3 Å². The molecule has 1 fully saturated rings. The Morgan fingerprint density at radius 1 is 1.33 bits per heavy atom. The number of nitrogens with zero attached hydrogens (tertiary/aromatic N) is 1. The van der Waals surface area contributed by atoms with Crippen LogP contribution >= 0.6 is 0 Å². The highest BCUT2D eigenvalue weighted by atomic mass is 16.5. The molecule has 0 aromatic carbocycles. The van der Waals surface area contributed by atoms with E-state index < -0.39 is 0 Å². The summed E-state index contributed by atoms with van der Waals surface area (Å²) in [5.74, 6) is 1.83. The van der Waals surface area contributed by atoms with Gasteiger partial charge in [-0.1, -0.05) is 13.3 Å². The average molecular weight is 255 g/mol. The van der Waals surface area contributed by atoms with Crippen molar-refractivity contribution in [2.24, 2.45) is 10.9 Å². The lowest BCUT2D eigenvalue weighted by Crippen LogP contribution is -2.39. The molecule has 1 rings (SSSR count). The number of rotatable bonds is 9. The number of ether oxygens (including phenoxy) is 1. The number of guanidine groups is 1. The molecule has 0 bridgehead atoms. The van der Waals surface area contributed by atoms with Gasteiger partial charge in [0.05, 0.1) is 0 Å². The van der Waals surface area contributed by atoms with Crippen molar-refractivity contribution in [1.29, 1.82) is 0 Å². The van der Waals surface area contributed by atoms with E-state index in [1.807, 2.05) is 6.92 Å². The maximum atomic E-state index is 5.31. The molecule has 0 aliphatic heterocycles. The van der Waals surface area contributed by atoms with Crippen molar-refractivity contribution < 1.29 is 4.74 Å². The van der Waals surface area contributed by atoms with Gasteiger partial charge >= 0.3 is 0 Å². The van der Waals surface area contributed by atoms with Crippen molar-refractivity contribution in [2.45, 2.75) is 52.5 Å². The zero-order valence-corrected chi connectivity index (χ0v) is 12.2. The van der Waals surface area contributed by atoms with Crippen LogP contribution in [0, 0.1) is 5.92 Å². The first-order chi connectivity index (χ1) is 8.81. The third kappa shape index (κ3) is 6.24. The number of hydrogen-bond acceptors (Lipinski definition) is 2. The molecule has 18 heavy (non-hydrogen) atoms. The smallest absolute Gasteiger partial charge is 0.191 e. The summed E-state index contributed by atoms with van der Waals surface area (Å²) < 4.78 is 5.31. The van der Waals surface area contributed by atoms with Crippen LogP contribution in [0.3, 0.4) is 0 Å². The highest BCUT2D eigenvalue weighted by molar-refractivity contribution is 5.80. The molecule has 106 valence electrons. The summed E-state index contributed by atoms with van der Waals surface area (Å²) in [4.78, 5) is 4.57. The number of nitrogens with one attached hydrogen (secondary N) is 2. The summed E-state index contributed by atoms with van der Waals surface area (Å²) in [6.07, 6.45) is 4.91. The molecule has 1 aliphatic rings. The van der Waals surface area contributed by atoms with Crippen LogP contribution in [-0.2, 0) is 4.74 Å². The van der Waals surface area contributed by atoms with Gasteiger partial charge in [0.2, 0.25) is 0 Å². The van der Waals surface area contributed by atoms with Crippen molar-refractivity contribution in [3.8, 4) is 0 Å². The lowest BCUT2D eigenvalue weighted by Gasteiger charge is -2.11. The molecule has 0 radical (unpaired) electrons. The van der Waals surface area contributed by atoms with Gasteiger partial charge in [-0.15, -0.1) is 0 Å². The lowest BCUT2D eigenvalue weighted by molar-refractivity contribution is 0.146. The van der Waals surface area contributed by atoms with E-state index >= 15 is 0 Å². The first-order valence-corrected chi connectivity index (χ1v) is 7.44. The Kier molecular flexibility index (Phi) is 7.81. The highest BCUT2D eigenvalue weighted by Crippen LogP contribution is 2.34. The predicted octanol–water partition coefficient (Wildman–Crippen LogP) is 2.16. The minimum absolute atomic E-state index is 0.648. The van der Waals surface area contributed by atoms with Crippen LogP contribution in [0.4, 0.5) is 0 Å². The van der Waals surface area contributed by atoms with Gasteiger partial charge in [0.1, 0.15) is 0 Å². The van der Waals surface area contributed by atoms with Gasteiger partial charge in [0.15, 0.2) is 5.96 Å². The van der Waals surface area contributed by atoms with E-state index in [4.69, 9.17) is 4.74 Å². The third-order valence-corrected chi connectivity index (χ3v) is 3.17. The van der Waals surface area contributed by atoms with E-state index in [0.717, 1.165) is 44.6 Å². The second-order valence-electron chi connectivity index (χ2n) is 4.85. The molecule has 0 aromatic heterocycles. The molecule has 0 amide bonds. The Bertz CT molecular complexity index is 243. The molecule has 1 aliphatic carbocycles. The molecular formula is C14H29N3O. The van der Waals surface area contributed by atoms with Gasteiger partial charge in [-0.05, 0) is 39.0 Å². The fourth-order valence-corrected chi connectivity index (χ4v) is 2.11. The van der Waals surface area contributed by atoms with Crippen LogP contribution in [0.15, 0.2) is 4.99 Å². The summed E-state index contributed by atoms with van der Waals surface area (Å²) in [5.41, 5.74) is 0. The largest absolute Gasteiger partial charge is 0.382 e. The van der Waals surface area contributed by atoms with E-state index in [2.05, 4.69) is 29.5 Å². The van der Waals surface area contributed by atoms with Gasteiger partial charge in [-0.2, -0.15) is 0 Å². The maximum absolute atomic E-state index is 5.31. The Balaban J connectivity index is 2.20. The Hall–Kier alpha value is -0.770. The first-order valence-electron chi connectivity index (χ1n) is 7.44. The Labute approximate surface area is 112 Å². The van der Waals surface area contributed by atoms with E-state index in [1.165, 1.54) is 19.3 Å². The Morgan fingerprint density at radius 2 is 2.17 bits per heavy atom. The summed E-state index contributed by atoms with van der Waals surface area (Å²) in [6, 6.07) is 0.648. The maximum Gasteiger partial charge on any atom is 0.191 e. The third-order valence-electron chi connectivity index (χ3n) is 3.17. The molecule has 0 heterocycles. The van der Waals surface area contributed by atoms with Crippen molar-refractivity contribution in [3.63, 3.8) is 0 Å². The number of aliphatic imine (C=N–C) groups is 1. The second kappa shape index (κ2) is 9.20. The van der Waals surface area contributed by atoms with Crippen molar-refractivity contribution in [3.05, 3.63) is 0 Å². The van der Waals surface area contributed by atoms with Crippen LogP contribution in [0.1, 0.15) is 46.5 Å². The second-order valence-corrected chi connectivity index (χ2v) is 4.85. The zero-order valence-electron chi connectivity index (χ0n) is 12.2. The summed E-state index contributed by atoms with van der Waals surface area (Å²) in [6.45, 7) is 9.74. The molecule has 2 N–H and O–H groups in total. The molecule has 2 unspecified atom stereocenters. The quantitative estimate of drug-likeness (QED) is 0.377. The van der Waals surface area contributed by atoms with E-state index in [-0.39, 0.29) is 0 Å². The molecule has 1 saturated carbocycles. The first kappa shape index (κ1) is 15.3. The summed E-state index contributed by atoms with van der Waals surface area (Å²) in [5, 5.41) is 6.82. The van der Waals surface area contributed by atoms with Crippen molar-refractivity contribution >= 4 is 5.96 Å². The van der Waals surface area contributed by atoms with E-state index in [1.54, 1.807) is 0 Å².